The molecule has 0 unspecified atom stereocenters. The molecule has 3 rings (SSSR count). The number of rotatable bonds is 2. The number of hydrogen-bond acceptors (Lipinski definition) is 4. The summed E-state index contributed by atoms with van der Waals surface area (Å²) in [6.45, 7) is 0. The van der Waals surface area contributed by atoms with Crippen molar-refractivity contribution >= 4 is 11.5 Å². The molecular weight excluding hydrogens is 289 g/mol. The molecule has 2 aromatic heterocycles. The van der Waals surface area contributed by atoms with Crippen LogP contribution in [0.2, 0.25) is 0 Å². The number of esters is 1. The Morgan fingerprint density at radius 2 is 2.10 bits per heavy atom. The first-order chi connectivity index (χ1) is 9.82. The zero-order valence-electron chi connectivity index (χ0n) is 10.9. The smallest absolute Gasteiger partial charge is 0.433 e. The van der Waals surface area contributed by atoms with Gasteiger partial charge in [-0.05, 0) is 36.5 Å². The number of halogens is 3. The Balaban J connectivity index is 2.30. The first kappa shape index (κ1) is 13.7. The summed E-state index contributed by atoms with van der Waals surface area (Å²) in [6, 6.07) is 2.44. The maximum absolute atomic E-state index is 13.1. The van der Waals surface area contributed by atoms with E-state index in [9.17, 15) is 23.1 Å². The highest BCUT2D eigenvalue weighted by Crippen LogP contribution is 2.43. The van der Waals surface area contributed by atoms with Gasteiger partial charge in [-0.3, -0.25) is 0 Å². The van der Waals surface area contributed by atoms with Crippen molar-refractivity contribution in [1.29, 1.82) is 0 Å². The molecule has 2 heterocycles. The largest absolute Gasteiger partial charge is 0.504 e. The molecule has 0 radical (unpaired) electrons. The van der Waals surface area contributed by atoms with Crippen molar-refractivity contribution in [3.63, 3.8) is 0 Å². The molecule has 1 aliphatic carbocycles. The second-order valence-electron chi connectivity index (χ2n) is 4.93. The summed E-state index contributed by atoms with van der Waals surface area (Å²) in [5.41, 5.74) is -1.21. The lowest BCUT2D eigenvalue weighted by molar-refractivity contribution is -0.142. The fourth-order valence-corrected chi connectivity index (χ4v) is 2.24. The van der Waals surface area contributed by atoms with Crippen LogP contribution in [0.5, 0.6) is 5.75 Å². The van der Waals surface area contributed by atoms with Crippen molar-refractivity contribution in [1.82, 2.24) is 9.61 Å². The van der Waals surface area contributed by atoms with Gasteiger partial charge in [-0.2, -0.15) is 18.3 Å². The fraction of sp³-hybridized carbons (Fsp3) is 0.385. The van der Waals surface area contributed by atoms with E-state index in [0.717, 1.165) is 26.0 Å². The van der Waals surface area contributed by atoms with Gasteiger partial charge in [0.15, 0.2) is 5.75 Å². The monoisotopic (exact) mass is 300 g/mol. The van der Waals surface area contributed by atoms with Crippen LogP contribution in [-0.4, -0.2) is 27.8 Å². The van der Waals surface area contributed by atoms with Crippen molar-refractivity contribution in [2.45, 2.75) is 24.9 Å². The van der Waals surface area contributed by atoms with E-state index in [1.807, 2.05) is 0 Å². The van der Waals surface area contributed by atoms with Crippen LogP contribution in [0.15, 0.2) is 12.1 Å². The summed E-state index contributed by atoms with van der Waals surface area (Å²) < 4.78 is 44.4. The molecule has 8 heteroatoms. The van der Waals surface area contributed by atoms with Crippen LogP contribution in [-0.2, 0) is 10.9 Å². The molecule has 0 spiro atoms. The molecule has 0 aliphatic heterocycles. The molecule has 112 valence electrons. The van der Waals surface area contributed by atoms with Gasteiger partial charge >= 0.3 is 12.1 Å². The van der Waals surface area contributed by atoms with Gasteiger partial charge in [-0.1, -0.05) is 0 Å². The van der Waals surface area contributed by atoms with E-state index in [0.29, 0.717) is 10.1 Å². The number of hydrogen-bond donors (Lipinski definition) is 1. The van der Waals surface area contributed by atoms with Gasteiger partial charge < -0.3 is 9.84 Å². The zero-order valence-corrected chi connectivity index (χ0v) is 10.9. The van der Waals surface area contributed by atoms with Gasteiger partial charge in [-0.25, -0.2) is 9.31 Å². The predicted molar refractivity (Wildman–Crippen MR) is 65.2 cm³/mol. The van der Waals surface area contributed by atoms with Gasteiger partial charge in [0, 0.05) is 0 Å². The molecule has 0 aromatic carbocycles. The van der Waals surface area contributed by atoms with Crippen LogP contribution in [0.3, 0.4) is 0 Å². The van der Waals surface area contributed by atoms with Crippen LogP contribution in [0.25, 0.3) is 5.52 Å². The maximum Gasteiger partial charge on any atom is 0.433 e. The van der Waals surface area contributed by atoms with Crippen molar-refractivity contribution in [2.24, 2.45) is 0 Å². The fourth-order valence-electron chi connectivity index (χ4n) is 2.24. The predicted octanol–water partition coefficient (Wildman–Crippen LogP) is 2.72. The quantitative estimate of drug-likeness (QED) is 0.866. The number of carbonyl (C=O) groups excluding carboxylic acids is 1. The molecular formula is C13H11F3N2O3. The van der Waals surface area contributed by atoms with Crippen LogP contribution in [0, 0.1) is 0 Å². The van der Waals surface area contributed by atoms with Crippen LogP contribution >= 0.6 is 0 Å². The van der Waals surface area contributed by atoms with Crippen LogP contribution < -0.4 is 0 Å². The lowest BCUT2D eigenvalue weighted by Crippen LogP contribution is -2.13. The molecule has 1 aliphatic rings. The Labute approximate surface area is 116 Å². The maximum atomic E-state index is 13.1. The Morgan fingerprint density at radius 3 is 2.62 bits per heavy atom. The van der Waals surface area contributed by atoms with Gasteiger partial charge in [0.1, 0.15) is 11.2 Å². The van der Waals surface area contributed by atoms with E-state index < -0.39 is 29.3 Å². The summed E-state index contributed by atoms with van der Waals surface area (Å²) in [5.74, 6) is -1.53. The molecule has 21 heavy (non-hydrogen) atoms. The minimum Gasteiger partial charge on any atom is -0.504 e. The van der Waals surface area contributed by atoms with Crippen molar-refractivity contribution in [3.05, 3.63) is 29.1 Å². The highest BCUT2D eigenvalue weighted by Gasteiger charge is 2.38. The van der Waals surface area contributed by atoms with Crippen molar-refractivity contribution in [2.75, 3.05) is 7.11 Å². The number of ether oxygens (including phenoxy) is 1. The highest BCUT2D eigenvalue weighted by atomic mass is 19.4. The normalized spacial score (nSPS) is 15.4. The molecule has 0 atom stereocenters. The lowest BCUT2D eigenvalue weighted by Gasteiger charge is -2.11. The molecule has 1 fully saturated rings. The number of pyridine rings is 1. The van der Waals surface area contributed by atoms with Gasteiger partial charge in [-0.15, -0.1) is 0 Å². The number of methoxy groups -OCH3 is 1. The summed E-state index contributed by atoms with van der Waals surface area (Å²) in [6.07, 6.45) is -3.02. The van der Waals surface area contributed by atoms with Gasteiger partial charge in [0.25, 0.3) is 0 Å². The number of aromatic nitrogens is 2. The molecule has 0 bridgehead atoms. The second kappa shape index (κ2) is 4.37. The van der Waals surface area contributed by atoms with Crippen LogP contribution in [0.4, 0.5) is 13.2 Å². The van der Waals surface area contributed by atoms with Crippen LogP contribution in [0.1, 0.15) is 40.5 Å². The summed E-state index contributed by atoms with van der Waals surface area (Å²) in [5, 5.41) is 13.5. The third-order valence-electron chi connectivity index (χ3n) is 3.45. The topological polar surface area (TPSA) is 63.8 Å². The SMILES string of the molecule is COC(=O)c1nn2c(C(F)(F)F)cc(C3CC3)cc2c1O. The Hall–Kier alpha value is -2.25. The Bertz CT molecular complexity index is 732. The Morgan fingerprint density at radius 1 is 1.43 bits per heavy atom. The molecule has 1 saturated carbocycles. The first-order valence-corrected chi connectivity index (χ1v) is 6.24. The number of nitrogens with zero attached hydrogens (tertiary/aromatic N) is 2. The third kappa shape index (κ3) is 2.20. The van der Waals surface area contributed by atoms with E-state index in [-0.39, 0.29) is 11.4 Å². The van der Waals surface area contributed by atoms with E-state index in [1.54, 1.807) is 0 Å². The average molecular weight is 300 g/mol. The highest BCUT2D eigenvalue weighted by molar-refractivity contribution is 5.93. The third-order valence-corrected chi connectivity index (χ3v) is 3.45. The standard InChI is InChI=1S/C13H11F3N2O3/c1-21-12(20)10-11(19)8-4-7(6-2-3-6)5-9(13(14,15)16)18(8)17-10/h4-6,19H,2-3H2,1H3. The number of aromatic hydroxyl groups is 1. The molecule has 0 amide bonds. The molecule has 5 nitrogen and oxygen atoms in total. The second-order valence-corrected chi connectivity index (χ2v) is 4.93. The molecule has 2 aromatic rings. The zero-order chi connectivity index (χ0) is 15.4. The van der Waals surface area contributed by atoms with E-state index in [1.165, 1.54) is 6.07 Å². The average Bonchev–Trinajstić information content (AvgIpc) is 3.21. The minimum atomic E-state index is -4.64. The van der Waals surface area contributed by atoms with Crippen molar-refractivity contribution in [3.8, 4) is 5.75 Å². The first-order valence-electron chi connectivity index (χ1n) is 6.24. The molecule has 0 saturated heterocycles. The summed E-state index contributed by atoms with van der Waals surface area (Å²) in [7, 11) is 1.06. The number of carbonyl (C=O) groups is 1. The number of alkyl halides is 3. The van der Waals surface area contributed by atoms with Gasteiger partial charge in [0.2, 0.25) is 5.69 Å². The minimum absolute atomic E-state index is 0.0620. The lowest BCUT2D eigenvalue weighted by atomic mass is 10.1. The summed E-state index contributed by atoms with van der Waals surface area (Å²) in [4.78, 5) is 11.5. The van der Waals surface area contributed by atoms with E-state index in [4.69, 9.17) is 0 Å². The molecule has 1 N–H and O–H groups in total. The van der Waals surface area contributed by atoms with E-state index >= 15 is 0 Å². The Kier molecular flexibility index (Phi) is 2.86. The summed E-state index contributed by atoms with van der Waals surface area (Å²) >= 11 is 0. The van der Waals surface area contributed by atoms with Crippen molar-refractivity contribution < 1.29 is 27.8 Å². The van der Waals surface area contributed by atoms with Gasteiger partial charge in [0.05, 0.1) is 7.11 Å². The number of fused-ring (bicyclic) bond motifs is 1. The van der Waals surface area contributed by atoms with E-state index in [2.05, 4.69) is 9.84 Å².